The topological polar surface area (TPSA) is 87.7 Å². The van der Waals surface area contributed by atoms with E-state index in [1.165, 1.54) is 24.3 Å². The van der Waals surface area contributed by atoms with Crippen LogP contribution >= 0.6 is 0 Å². The number of nitrogens with one attached hydrogen (secondary N) is 2. The van der Waals surface area contributed by atoms with Crippen LogP contribution in [0.1, 0.15) is 16.7 Å². The monoisotopic (exact) mass is 594 g/mol. The first-order chi connectivity index (χ1) is 19.0. The van der Waals surface area contributed by atoms with Gasteiger partial charge in [0.05, 0.1) is 5.54 Å². The summed E-state index contributed by atoms with van der Waals surface area (Å²) in [5.41, 5.74) is -2.91. The lowest BCUT2D eigenvalue weighted by molar-refractivity contribution is -0.253. The highest BCUT2D eigenvalue weighted by Crippen LogP contribution is 2.38. The summed E-state index contributed by atoms with van der Waals surface area (Å²) in [6, 6.07) is 9.15. The molecule has 3 rings (SSSR count). The zero-order valence-electron chi connectivity index (χ0n) is 20.4. The van der Waals surface area contributed by atoms with Crippen molar-refractivity contribution in [3.63, 3.8) is 0 Å². The fourth-order valence-corrected chi connectivity index (χ4v) is 3.97. The molecule has 0 aliphatic carbocycles. The molecule has 0 aliphatic heterocycles. The molecule has 41 heavy (non-hydrogen) atoms. The molecule has 0 aromatic heterocycles. The number of ether oxygens (including phenoxy) is 1. The molecule has 1 unspecified atom stereocenters. The summed E-state index contributed by atoms with van der Waals surface area (Å²) in [6.45, 7) is 0. The number of carbonyl (C=O) groups is 2. The van der Waals surface area contributed by atoms with E-state index >= 15 is 0 Å². The summed E-state index contributed by atoms with van der Waals surface area (Å²) >= 11 is 0. The summed E-state index contributed by atoms with van der Waals surface area (Å²) in [4.78, 5) is 24.1. The first kappa shape index (κ1) is 31.1. The average Bonchev–Trinajstić information content (AvgIpc) is 2.86. The van der Waals surface area contributed by atoms with E-state index in [-0.39, 0.29) is 11.1 Å². The number of halogens is 9. The number of carbonyl (C=O) groups excluding carboxylic acids is 1. The Bertz CT molecular complexity index is 1370. The lowest BCUT2D eigenvalue weighted by Crippen LogP contribution is -2.60. The van der Waals surface area contributed by atoms with E-state index < -0.39 is 71.7 Å². The molecule has 0 radical (unpaired) electrons. The highest BCUT2D eigenvalue weighted by Gasteiger charge is 2.49. The third kappa shape index (κ3) is 7.61. The molecular weight excluding hydrogens is 575 g/mol. The largest absolute Gasteiger partial charge is 0.465 e. The quantitative estimate of drug-likeness (QED) is 0.251. The summed E-state index contributed by atoms with van der Waals surface area (Å²) < 4.78 is 127. The van der Waals surface area contributed by atoms with Gasteiger partial charge in [-0.15, -0.1) is 0 Å². The Hall–Kier alpha value is -4.43. The second-order valence-electron chi connectivity index (χ2n) is 8.63. The van der Waals surface area contributed by atoms with Crippen LogP contribution in [0, 0.1) is 11.6 Å². The van der Waals surface area contributed by atoms with Crippen LogP contribution < -0.4 is 15.4 Å². The zero-order chi connectivity index (χ0) is 30.6. The minimum Gasteiger partial charge on any atom is -0.465 e. The highest BCUT2D eigenvalue weighted by atomic mass is 19.4. The SMILES string of the molecule is O=C(O)NC(C(=O)N[C@](Cc1ccccc1)(c1ccc(F)cc1)c1cc(F)cc(OC(F)(F)C(F)F)c1)C(F)(F)F. The molecule has 0 fully saturated rings. The molecule has 0 spiro atoms. The third-order valence-corrected chi connectivity index (χ3v) is 5.72. The minimum atomic E-state index is -5.49. The number of benzene rings is 3. The first-order valence-corrected chi connectivity index (χ1v) is 11.4. The van der Waals surface area contributed by atoms with E-state index in [0.717, 1.165) is 29.6 Å². The summed E-state index contributed by atoms with van der Waals surface area (Å²) in [5, 5.41) is 11.9. The van der Waals surface area contributed by atoms with Gasteiger partial charge in [-0.3, -0.25) is 4.79 Å². The summed E-state index contributed by atoms with van der Waals surface area (Å²) in [7, 11) is 0. The van der Waals surface area contributed by atoms with Gasteiger partial charge < -0.3 is 20.5 Å². The Labute approximate surface area is 225 Å². The van der Waals surface area contributed by atoms with Crippen molar-refractivity contribution in [2.24, 2.45) is 0 Å². The van der Waals surface area contributed by atoms with Crippen LogP contribution in [0.4, 0.5) is 44.3 Å². The van der Waals surface area contributed by atoms with E-state index in [0.29, 0.717) is 18.2 Å². The van der Waals surface area contributed by atoms with E-state index in [1.807, 2.05) is 5.32 Å². The van der Waals surface area contributed by atoms with Crippen molar-refractivity contribution in [2.45, 2.75) is 36.7 Å². The van der Waals surface area contributed by atoms with E-state index in [2.05, 4.69) is 4.74 Å². The predicted octanol–water partition coefficient (Wildman–Crippen LogP) is 6.00. The molecule has 0 bridgehead atoms. The molecule has 3 N–H and O–H groups in total. The molecule has 0 saturated heterocycles. The number of carboxylic acid groups (broad SMARTS) is 1. The number of alkyl halides is 7. The van der Waals surface area contributed by atoms with Gasteiger partial charge in [-0.1, -0.05) is 42.5 Å². The molecule has 0 aliphatic rings. The van der Waals surface area contributed by atoms with E-state index in [1.54, 1.807) is 6.07 Å². The average molecular weight is 594 g/mol. The van der Waals surface area contributed by atoms with Crippen LogP contribution in [0.15, 0.2) is 72.8 Å². The Kier molecular flexibility index (Phi) is 9.09. The second-order valence-corrected chi connectivity index (χ2v) is 8.63. The van der Waals surface area contributed by atoms with E-state index in [9.17, 15) is 49.1 Å². The zero-order valence-corrected chi connectivity index (χ0v) is 20.4. The van der Waals surface area contributed by atoms with Crippen molar-refractivity contribution in [1.29, 1.82) is 0 Å². The summed E-state index contributed by atoms with van der Waals surface area (Å²) in [5.74, 6) is -5.42. The van der Waals surface area contributed by atoms with Crippen LogP contribution in [0.2, 0.25) is 0 Å². The van der Waals surface area contributed by atoms with Gasteiger partial charge in [0, 0.05) is 12.5 Å². The van der Waals surface area contributed by atoms with Crippen molar-refractivity contribution in [2.75, 3.05) is 0 Å². The fourth-order valence-electron chi connectivity index (χ4n) is 3.97. The lowest BCUT2D eigenvalue weighted by atomic mass is 9.77. The summed E-state index contributed by atoms with van der Waals surface area (Å²) in [6.07, 6.45) is -17.7. The molecule has 6 nitrogen and oxygen atoms in total. The van der Waals surface area contributed by atoms with Gasteiger partial charge in [-0.2, -0.15) is 30.7 Å². The van der Waals surface area contributed by atoms with Gasteiger partial charge in [0.15, 0.2) is 0 Å². The molecule has 15 heteroatoms. The van der Waals surface area contributed by atoms with Gasteiger partial charge in [0.25, 0.3) is 5.91 Å². The van der Waals surface area contributed by atoms with Gasteiger partial charge >= 0.3 is 24.8 Å². The number of amides is 2. The van der Waals surface area contributed by atoms with Crippen molar-refractivity contribution in [1.82, 2.24) is 10.6 Å². The molecule has 0 saturated carbocycles. The van der Waals surface area contributed by atoms with Gasteiger partial charge in [0.2, 0.25) is 6.04 Å². The van der Waals surface area contributed by atoms with Gasteiger partial charge in [0.1, 0.15) is 17.4 Å². The smallest absolute Gasteiger partial charge is 0.461 e. The Morgan fingerprint density at radius 1 is 0.829 bits per heavy atom. The van der Waals surface area contributed by atoms with Gasteiger partial charge in [-0.25, -0.2) is 13.6 Å². The van der Waals surface area contributed by atoms with Crippen molar-refractivity contribution < 1.29 is 58.9 Å². The molecular formula is C26H19F9N2O4. The molecule has 3 aromatic rings. The lowest BCUT2D eigenvalue weighted by Gasteiger charge is -2.38. The number of hydrogen-bond acceptors (Lipinski definition) is 3. The van der Waals surface area contributed by atoms with Crippen LogP contribution in [0.3, 0.4) is 0 Å². The highest BCUT2D eigenvalue weighted by molar-refractivity contribution is 5.87. The van der Waals surface area contributed by atoms with Crippen LogP contribution in [-0.2, 0) is 16.8 Å². The van der Waals surface area contributed by atoms with Crippen molar-refractivity contribution in [3.8, 4) is 5.75 Å². The molecule has 220 valence electrons. The minimum absolute atomic E-state index is 0.218. The van der Waals surface area contributed by atoms with Crippen molar-refractivity contribution in [3.05, 3.63) is 101 Å². The second kappa shape index (κ2) is 12.0. The molecule has 3 aromatic carbocycles. The Morgan fingerprint density at radius 2 is 1.44 bits per heavy atom. The molecule has 2 amide bonds. The molecule has 0 heterocycles. The van der Waals surface area contributed by atoms with Crippen LogP contribution in [0.5, 0.6) is 5.75 Å². The normalized spacial score (nSPS) is 14.2. The molecule has 2 atom stereocenters. The van der Waals surface area contributed by atoms with Gasteiger partial charge in [-0.05, 0) is 41.0 Å². The van der Waals surface area contributed by atoms with Crippen LogP contribution in [-0.4, -0.2) is 41.9 Å². The Morgan fingerprint density at radius 3 is 1.98 bits per heavy atom. The predicted molar refractivity (Wildman–Crippen MR) is 124 cm³/mol. The maximum atomic E-state index is 14.8. The van der Waals surface area contributed by atoms with E-state index in [4.69, 9.17) is 5.11 Å². The number of hydrogen-bond donors (Lipinski definition) is 3. The standard InChI is InChI=1S/C26H19F9N2O4/c27-17-8-6-15(7-9-17)24(13-14-4-2-1-3-5-14,37-21(38)20(25(31,32)33)36-23(39)40)16-10-18(28)12-19(11-16)41-26(34,35)22(29)30/h1-12,20,22,36H,13H2,(H,37,38)(H,39,40)/t20?,24-/m1/s1. The number of rotatable bonds is 10. The van der Waals surface area contributed by atoms with Crippen molar-refractivity contribution >= 4 is 12.0 Å². The Balaban J connectivity index is 2.31. The third-order valence-electron chi connectivity index (χ3n) is 5.72. The fraction of sp³-hybridized carbons (Fsp3) is 0.231. The van der Waals surface area contributed by atoms with Crippen LogP contribution in [0.25, 0.3) is 0 Å². The first-order valence-electron chi connectivity index (χ1n) is 11.4. The maximum Gasteiger partial charge on any atom is 0.461 e. The maximum absolute atomic E-state index is 14.8.